The van der Waals surface area contributed by atoms with Gasteiger partial charge < -0.3 is 5.11 Å². The molecule has 0 radical (unpaired) electrons. The summed E-state index contributed by atoms with van der Waals surface area (Å²) in [5, 5.41) is 8.45. The van der Waals surface area contributed by atoms with Crippen LogP contribution in [0.15, 0.2) is 22.9 Å². The quantitative estimate of drug-likeness (QED) is 0.744. The van der Waals surface area contributed by atoms with E-state index in [0.717, 1.165) is 0 Å². The van der Waals surface area contributed by atoms with Gasteiger partial charge in [0, 0.05) is 16.9 Å². The Labute approximate surface area is 115 Å². The summed E-state index contributed by atoms with van der Waals surface area (Å²) in [7, 11) is 0. The number of carbonyl (C=O) groups is 1. The molecule has 0 aliphatic carbocycles. The molecular formula is C6H5BrKNO2. The second-order valence-electron chi connectivity index (χ2n) is 1.70. The third-order valence-corrected chi connectivity index (χ3v) is 1.39. The number of nitrogens with zero attached hydrogens (tertiary/aromatic N) is 1. The Kier molecular flexibility index (Phi) is 5.76. The Morgan fingerprint density at radius 3 is 2.55 bits per heavy atom. The molecular weight excluding hydrogens is 237 g/mol. The molecule has 1 N–H and O–H groups in total. The van der Waals surface area contributed by atoms with Gasteiger partial charge in [-0.2, -0.15) is 0 Å². The number of rotatable bonds is 1. The molecule has 0 bridgehead atoms. The van der Waals surface area contributed by atoms with Gasteiger partial charge in [-0.15, -0.1) is 0 Å². The van der Waals surface area contributed by atoms with E-state index in [9.17, 15) is 4.79 Å². The molecule has 0 amide bonds. The first-order valence-electron chi connectivity index (χ1n) is 2.54. The van der Waals surface area contributed by atoms with E-state index in [1.165, 1.54) is 18.5 Å². The molecule has 1 aromatic rings. The van der Waals surface area contributed by atoms with Gasteiger partial charge in [0.05, 0.1) is 5.56 Å². The third-order valence-electron chi connectivity index (χ3n) is 0.952. The summed E-state index contributed by atoms with van der Waals surface area (Å²) in [6, 6.07) is 1.50. The van der Waals surface area contributed by atoms with Gasteiger partial charge in [0.1, 0.15) is 0 Å². The summed E-state index contributed by atoms with van der Waals surface area (Å²) in [6.45, 7) is 0. The van der Waals surface area contributed by atoms with Crippen LogP contribution < -0.4 is 0 Å². The van der Waals surface area contributed by atoms with Crippen LogP contribution in [0.4, 0.5) is 0 Å². The van der Waals surface area contributed by atoms with Crippen molar-refractivity contribution in [1.82, 2.24) is 4.98 Å². The normalized spacial score (nSPS) is 8.45. The summed E-state index contributed by atoms with van der Waals surface area (Å²) < 4.78 is 0.674. The van der Waals surface area contributed by atoms with Crippen molar-refractivity contribution in [2.45, 2.75) is 0 Å². The van der Waals surface area contributed by atoms with Crippen LogP contribution in [0, 0.1) is 0 Å². The van der Waals surface area contributed by atoms with Crippen molar-refractivity contribution >= 4 is 73.3 Å². The molecule has 1 rings (SSSR count). The zero-order valence-electron chi connectivity index (χ0n) is 4.91. The van der Waals surface area contributed by atoms with Crippen molar-refractivity contribution in [2.24, 2.45) is 0 Å². The fourth-order valence-electron chi connectivity index (χ4n) is 0.529. The molecule has 0 aliphatic heterocycles. The van der Waals surface area contributed by atoms with Crippen molar-refractivity contribution in [3.05, 3.63) is 28.5 Å². The number of hydrogen-bond acceptors (Lipinski definition) is 2. The monoisotopic (exact) mass is 241 g/mol. The van der Waals surface area contributed by atoms with E-state index in [4.69, 9.17) is 5.11 Å². The first-order valence-corrected chi connectivity index (χ1v) is 3.33. The predicted molar refractivity (Wildman–Crippen MR) is 46.0 cm³/mol. The van der Waals surface area contributed by atoms with Gasteiger partial charge in [0.15, 0.2) is 0 Å². The second kappa shape index (κ2) is 5.39. The average Bonchev–Trinajstić information content (AvgIpc) is 1.88. The molecule has 0 atom stereocenters. The average molecular weight is 242 g/mol. The summed E-state index contributed by atoms with van der Waals surface area (Å²) >= 11 is 3.10. The summed E-state index contributed by atoms with van der Waals surface area (Å²) in [5.41, 5.74) is 0.189. The topological polar surface area (TPSA) is 50.2 Å². The summed E-state index contributed by atoms with van der Waals surface area (Å²) in [5.74, 6) is -0.964. The van der Waals surface area contributed by atoms with Gasteiger partial charge in [-0.05, 0) is 22.0 Å². The van der Waals surface area contributed by atoms with Gasteiger partial charge in [-0.25, -0.2) is 4.79 Å². The Morgan fingerprint density at radius 1 is 1.55 bits per heavy atom. The van der Waals surface area contributed by atoms with E-state index in [1.54, 1.807) is 0 Å². The van der Waals surface area contributed by atoms with Gasteiger partial charge in [0.25, 0.3) is 0 Å². The number of pyridine rings is 1. The number of aromatic carboxylic acids is 1. The van der Waals surface area contributed by atoms with Crippen molar-refractivity contribution in [3.63, 3.8) is 0 Å². The maximum atomic E-state index is 10.3. The van der Waals surface area contributed by atoms with E-state index in [-0.39, 0.29) is 56.9 Å². The van der Waals surface area contributed by atoms with Crippen LogP contribution in [0.25, 0.3) is 0 Å². The Bertz CT molecular complexity index is 267. The Hall–Kier alpha value is 0.736. The number of hydrogen-bond donors (Lipinski definition) is 1. The molecule has 0 fully saturated rings. The van der Waals surface area contributed by atoms with Crippen LogP contribution in [0.2, 0.25) is 0 Å². The number of carboxylic acid groups (broad SMARTS) is 1. The van der Waals surface area contributed by atoms with E-state index < -0.39 is 5.97 Å². The first-order chi connectivity index (χ1) is 4.70. The van der Waals surface area contributed by atoms with E-state index in [1.807, 2.05) is 0 Å². The van der Waals surface area contributed by atoms with Crippen LogP contribution in [-0.2, 0) is 0 Å². The van der Waals surface area contributed by atoms with Crippen molar-refractivity contribution in [2.75, 3.05) is 0 Å². The Balaban J connectivity index is 0.000001000. The summed E-state index contributed by atoms with van der Waals surface area (Å²) in [4.78, 5) is 14.0. The fraction of sp³-hybridized carbons (Fsp3) is 0. The molecule has 5 heteroatoms. The molecule has 0 saturated heterocycles. The first kappa shape index (κ1) is 11.7. The molecule has 1 aromatic heterocycles. The standard InChI is InChI=1S/C6H4BrNO2.K.H/c7-5-1-4(6(9)10)2-8-3-5;;/h1-3H,(H,9,10);;. The van der Waals surface area contributed by atoms with Crippen molar-refractivity contribution in [3.8, 4) is 0 Å². The predicted octanol–water partition coefficient (Wildman–Crippen LogP) is 0.894. The second-order valence-corrected chi connectivity index (χ2v) is 2.61. The maximum absolute atomic E-state index is 10.3. The van der Waals surface area contributed by atoms with Crippen molar-refractivity contribution < 1.29 is 9.90 Å². The summed E-state index contributed by atoms with van der Waals surface area (Å²) in [6.07, 6.45) is 2.83. The number of carboxylic acids is 1. The fourth-order valence-corrected chi connectivity index (χ4v) is 0.894. The van der Waals surface area contributed by atoms with E-state index in [0.29, 0.717) is 4.47 Å². The Morgan fingerprint density at radius 2 is 2.18 bits per heavy atom. The van der Waals surface area contributed by atoms with Crippen LogP contribution in [0.3, 0.4) is 0 Å². The molecule has 0 saturated carbocycles. The van der Waals surface area contributed by atoms with Crippen LogP contribution in [0.5, 0.6) is 0 Å². The molecule has 0 spiro atoms. The minimum atomic E-state index is -0.964. The van der Waals surface area contributed by atoms with E-state index in [2.05, 4.69) is 20.9 Å². The number of halogens is 1. The molecule has 3 nitrogen and oxygen atoms in total. The van der Waals surface area contributed by atoms with E-state index >= 15 is 0 Å². The van der Waals surface area contributed by atoms with Crippen LogP contribution in [0.1, 0.15) is 10.4 Å². The molecule has 54 valence electrons. The molecule has 0 aliphatic rings. The van der Waals surface area contributed by atoms with Gasteiger partial charge >= 0.3 is 57.4 Å². The molecule has 0 unspecified atom stereocenters. The van der Waals surface area contributed by atoms with Gasteiger partial charge in [0.2, 0.25) is 0 Å². The SMILES string of the molecule is O=C(O)c1cncc(Br)c1.[KH]. The molecule has 1 heterocycles. The van der Waals surface area contributed by atoms with Crippen molar-refractivity contribution in [1.29, 1.82) is 0 Å². The third kappa shape index (κ3) is 3.77. The minimum absolute atomic E-state index is 0. The zero-order valence-corrected chi connectivity index (χ0v) is 6.50. The molecule has 0 aromatic carbocycles. The zero-order chi connectivity index (χ0) is 7.56. The van der Waals surface area contributed by atoms with Gasteiger partial charge in [-0.1, -0.05) is 0 Å². The van der Waals surface area contributed by atoms with Gasteiger partial charge in [-0.3, -0.25) is 4.98 Å². The van der Waals surface area contributed by atoms with Crippen LogP contribution in [-0.4, -0.2) is 67.4 Å². The number of aromatic nitrogens is 1. The van der Waals surface area contributed by atoms with Crippen LogP contribution >= 0.6 is 15.9 Å². The molecule has 11 heavy (non-hydrogen) atoms.